The lowest BCUT2D eigenvalue weighted by molar-refractivity contribution is -0.0825. The molecule has 0 aromatic carbocycles. The first-order valence-electron chi connectivity index (χ1n) is 3.58. The van der Waals surface area contributed by atoms with E-state index in [0.717, 1.165) is 0 Å². The highest BCUT2D eigenvalue weighted by molar-refractivity contribution is 5.09. The van der Waals surface area contributed by atoms with E-state index in [0.29, 0.717) is 0 Å². The summed E-state index contributed by atoms with van der Waals surface area (Å²) >= 11 is 0. The van der Waals surface area contributed by atoms with Crippen molar-refractivity contribution in [3.63, 3.8) is 0 Å². The van der Waals surface area contributed by atoms with Gasteiger partial charge in [-0.25, -0.2) is 0 Å². The van der Waals surface area contributed by atoms with Crippen LogP contribution in [0, 0.1) is 0 Å². The fourth-order valence-electron chi connectivity index (χ4n) is 1.54. The van der Waals surface area contributed by atoms with E-state index in [4.69, 9.17) is 15.6 Å². The Morgan fingerprint density at radius 3 is 2.18 bits per heavy atom. The van der Waals surface area contributed by atoms with Crippen molar-refractivity contribution < 1.29 is 20.1 Å². The molecule has 0 spiro atoms. The quantitative estimate of drug-likeness (QED) is 0.287. The van der Waals surface area contributed by atoms with Crippen LogP contribution in [0.15, 0.2) is 0 Å². The summed E-state index contributed by atoms with van der Waals surface area (Å²) in [6.07, 6.45) is -3.89. The second-order valence-electron chi connectivity index (χ2n) is 3.11. The number of aliphatic hydroxyl groups is 3. The normalized spacial score (nSPS) is 62.2. The molecule has 64 valence electrons. The molecule has 1 aliphatic carbocycles. The molecule has 5 N–H and O–H groups in total. The lowest BCUT2D eigenvalue weighted by Crippen LogP contribution is -2.57. The van der Waals surface area contributed by atoms with Gasteiger partial charge >= 0.3 is 0 Å². The van der Waals surface area contributed by atoms with Gasteiger partial charge in [0, 0.05) is 0 Å². The molecule has 1 aliphatic heterocycles. The van der Waals surface area contributed by atoms with E-state index >= 15 is 0 Å². The second kappa shape index (κ2) is 2.15. The van der Waals surface area contributed by atoms with E-state index in [-0.39, 0.29) is 12.2 Å². The first-order chi connectivity index (χ1) is 5.13. The van der Waals surface area contributed by atoms with E-state index in [1.165, 1.54) is 0 Å². The summed E-state index contributed by atoms with van der Waals surface area (Å²) in [6.45, 7) is 0. The van der Waals surface area contributed by atoms with Crippen LogP contribution in [-0.4, -0.2) is 51.9 Å². The van der Waals surface area contributed by atoms with Crippen LogP contribution in [0.1, 0.15) is 0 Å². The predicted octanol–water partition coefficient (Wildman–Crippen LogP) is -2.82. The summed E-state index contributed by atoms with van der Waals surface area (Å²) in [7, 11) is 0. The standard InChI is InChI=1S/C6H11NO4/c7-1-2(8)3(9)4(10)6-5(1)11-6/h1-6,8-10H,7H2/t1-,2-,3+,4-,5+,6-/m1/s1. The monoisotopic (exact) mass is 161 g/mol. The van der Waals surface area contributed by atoms with Gasteiger partial charge in [-0.3, -0.25) is 0 Å². The predicted molar refractivity (Wildman–Crippen MR) is 34.7 cm³/mol. The molecule has 6 atom stereocenters. The molecule has 2 aliphatic rings. The van der Waals surface area contributed by atoms with Crippen LogP contribution in [0.2, 0.25) is 0 Å². The number of aliphatic hydroxyl groups excluding tert-OH is 3. The number of rotatable bonds is 0. The average Bonchev–Trinajstić information content (AvgIpc) is 2.76. The van der Waals surface area contributed by atoms with E-state index in [2.05, 4.69) is 0 Å². The van der Waals surface area contributed by atoms with Gasteiger partial charge in [-0.05, 0) is 0 Å². The fourth-order valence-corrected chi connectivity index (χ4v) is 1.54. The molecule has 1 saturated carbocycles. The van der Waals surface area contributed by atoms with Crippen LogP contribution in [0.5, 0.6) is 0 Å². The van der Waals surface area contributed by atoms with Crippen LogP contribution in [-0.2, 0) is 4.74 Å². The van der Waals surface area contributed by atoms with Crippen molar-refractivity contribution in [1.82, 2.24) is 0 Å². The van der Waals surface area contributed by atoms with Crippen LogP contribution in [0.4, 0.5) is 0 Å². The fraction of sp³-hybridized carbons (Fsp3) is 1.00. The van der Waals surface area contributed by atoms with Gasteiger partial charge in [0.2, 0.25) is 0 Å². The van der Waals surface area contributed by atoms with Gasteiger partial charge in [0.1, 0.15) is 30.5 Å². The van der Waals surface area contributed by atoms with Crippen LogP contribution < -0.4 is 5.73 Å². The number of nitrogens with two attached hydrogens (primary N) is 1. The Bertz CT molecular complexity index is 158. The largest absolute Gasteiger partial charge is 0.389 e. The molecule has 1 saturated heterocycles. The number of hydrogen-bond donors (Lipinski definition) is 4. The topological polar surface area (TPSA) is 99.2 Å². The summed E-state index contributed by atoms with van der Waals surface area (Å²) in [5.41, 5.74) is 5.47. The van der Waals surface area contributed by atoms with Crippen molar-refractivity contribution in [3.8, 4) is 0 Å². The molecule has 0 unspecified atom stereocenters. The lowest BCUT2D eigenvalue weighted by atomic mass is 9.88. The molecule has 5 heteroatoms. The van der Waals surface area contributed by atoms with Gasteiger partial charge < -0.3 is 25.8 Å². The minimum absolute atomic E-state index is 0.275. The van der Waals surface area contributed by atoms with Crippen molar-refractivity contribution in [2.45, 2.75) is 36.6 Å². The van der Waals surface area contributed by atoms with E-state index in [1.54, 1.807) is 0 Å². The summed E-state index contributed by atoms with van der Waals surface area (Å²) in [5, 5.41) is 27.5. The molecule has 0 aromatic rings. The van der Waals surface area contributed by atoms with Crippen molar-refractivity contribution >= 4 is 0 Å². The molecule has 11 heavy (non-hydrogen) atoms. The first-order valence-corrected chi connectivity index (χ1v) is 3.58. The van der Waals surface area contributed by atoms with Gasteiger partial charge in [0.05, 0.1) is 6.04 Å². The summed E-state index contributed by atoms with van der Waals surface area (Å²) in [4.78, 5) is 0. The molecule has 1 heterocycles. The average molecular weight is 161 g/mol. The highest BCUT2D eigenvalue weighted by Gasteiger charge is 2.58. The SMILES string of the molecule is N[C@@H]1[C@@H](O)[C@H](O)[C@@H](O)[C@H]2O[C@@H]12. The maximum absolute atomic E-state index is 9.20. The van der Waals surface area contributed by atoms with Crippen molar-refractivity contribution in [1.29, 1.82) is 0 Å². The van der Waals surface area contributed by atoms with Gasteiger partial charge in [-0.1, -0.05) is 0 Å². The van der Waals surface area contributed by atoms with Crippen molar-refractivity contribution in [2.24, 2.45) is 5.73 Å². The van der Waals surface area contributed by atoms with Gasteiger partial charge in [0.25, 0.3) is 0 Å². The Morgan fingerprint density at radius 2 is 1.55 bits per heavy atom. The van der Waals surface area contributed by atoms with E-state index in [1.807, 2.05) is 0 Å². The third-order valence-electron chi connectivity index (χ3n) is 2.37. The Kier molecular flexibility index (Phi) is 1.45. The number of epoxide rings is 1. The van der Waals surface area contributed by atoms with Crippen LogP contribution in [0.3, 0.4) is 0 Å². The van der Waals surface area contributed by atoms with Gasteiger partial charge in [0.15, 0.2) is 0 Å². The first kappa shape index (κ1) is 7.45. The minimum atomic E-state index is -1.17. The van der Waals surface area contributed by atoms with Crippen LogP contribution in [0.25, 0.3) is 0 Å². The summed E-state index contributed by atoms with van der Waals surface area (Å²) in [5.74, 6) is 0. The molecule has 2 fully saturated rings. The van der Waals surface area contributed by atoms with Crippen LogP contribution >= 0.6 is 0 Å². The number of hydrogen-bond acceptors (Lipinski definition) is 5. The van der Waals surface area contributed by atoms with Gasteiger partial charge in [-0.2, -0.15) is 0 Å². The van der Waals surface area contributed by atoms with E-state index in [9.17, 15) is 10.2 Å². The number of ether oxygens (including phenoxy) is 1. The minimum Gasteiger partial charge on any atom is -0.389 e. The highest BCUT2D eigenvalue weighted by atomic mass is 16.6. The Hall–Kier alpha value is -0.200. The summed E-state index contributed by atoms with van der Waals surface area (Å²) < 4.78 is 4.95. The molecular weight excluding hydrogens is 150 g/mol. The Morgan fingerprint density at radius 1 is 0.909 bits per heavy atom. The molecule has 5 nitrogen and oxygen atoms in total. The maximum atomic E-state index is 9.20. The zero-order valence-electron chi connectivity index (χ0n) is 5.79. The Labute approximate surface area is 63.4 Å². The smallest absolute Gasteiger partial charge is 0.114 e. The maximum Gasteiger partial charge on any atom is 0.114 e. The zero-order valence-corrected chi connectivity index (χ0v) is 5.79. The Balaban J connectivity index is 2.13. The molecule has 2 rings (SSSR count). The molecule has 0 bridgehead atoms. The summed E-state index contributed by atoms with van der Waals surface area (Å²) in [6, 6.07) is -0.571. The molecule has 0 amide bonds. The zero-order chi connectivity index (χ0) is 8.17. The van der Waals surface area contributed by atoms with Crippen molar-refractivity contribution in [2.75, 3.05) is 0 Å². The highest BCUT2D eigenvalue weighted by Crippen LogP contribution is 2.36. The van der Waals surface area contributed by atoms with E-state index < -0.39 is 24.4 Å². The van der Waals surface area contributed by atoms with Crippen molar-refractivity contribution in [3.05, 3.63) is 0 Å². The van der Waals surface area contributed by atoms with Gasteiger partial charge in [-0.15, -0.1) is 0 Å². The molecule has 0 radical (unpaired) electrons. The molecular formula is C6H11NO4. The molecule has 0 aromatic heterocycles. The lowest BCUT2D eigenvalue weighted by Gasteiger charge is -2.29. The third-order valence-corrected chi connectivity index (χ3v) is 2.37. The third kappa shape index (κ3) is 0.896. The number of fused-ring (bicyclic) bond motifs is 1. The second-order valence-corrected chi connectivity index (χ2v) is 3.11.